The molecule has 0 aliphatic heterocycles. The third-order valence-electron chi connectivity index (χ3n) is 9.46. The van der Waals surface area contributed by atoms with Crippen LogP contribution in [0.2, 0.25) is 0 Å². The minimum Gasteiger partial charge on any atom is -0.398 e. The van der Waals surface area contributed by atoms with E-state index in [0.717, 1.165) is 40.8 Å². The monoisotopic (exact) mass is 644 g/mol. The predicted molar refractivity (Wildman–Crippen MR) is 211 cm³/mol. The first-order chi connectivity index (χ1) is 24.5. The van der Waals surface area contributed by atoms with Gasteiger partial charge in [0, 0.05) is 22.4 Å². The molecule has 0 unspecified atom stereocenters. The number of fused-ring (bicyclic) bond motifs is 4. The molecule has 0 radical (unpaired) electrons. The van der Waals surface area contributed by atoms with Crippen LogP contribution in [0.4, 0.5) is 0 Å². The lowest BCUT2D eigenvalue weighted by atomic mass is 9.88. The summed E-state index contributed by atoms with van der Waals surface area (Å²) in [6, 6.07) is 61.0. The van der Waals surface area contributed by atoms with E-state index < -0.39 is 0 Å². The summed E-state index contributed by atoms with van der Waals surface area (Å²) in [7, 11) is 0. The van der Waals surface area contributed by atoms with E-state index in [4.69, 9.17) is 11.1 Å². The van der Waals surface area contributed by atoms with Gasteiger partial charge in [0.05, 0.1) is 5.71 Å². The third-order valence-corrected chi connectivity index (χ3v) is 9.46. The largest absolute Gasteiger partial charge is 0.398 e. The second-order valence-corrected chi connectivity index (χ2v) is 12.7. The Bertz CT molecular complexity index is 2290. The average molecular weight is 645 g/mol. The van der Waals surface area contributed by atoms with Crippen molar-refractivity contribution >= 4 is 11.4 Å². The van der Waals surface area contributed by atoms with Gasteiger partial charge in [0.15, 0.2) is 0 Å². The van der Waals surface area contributed by atoms with Crippen LogP contribution in [0.1, 0.15) is 38.9 Å². The summed E-state index contributed by atoms with van der Waals surface area (Å²) in [5.41, 5.74) is 23.4. The molecule has 0 amide bonds. The molecule has 3 N–H and O–H groups in total. The second-order valence-electron chi connectivity index (χ2n) is 12.7. The lowest BCUT2D eigenvalue weighted by molar-refractivity contribution is 1.16. The summed E-state index contributed by atoms with van der Waals surface area (Å²) in [4.78, 5) is 0. The Kier molecular flexibility index (Phi) is 9.62. The van der Waals surface area contributed by atoms with E-state index in [1.165, 1.54) is 50.1 Å². The van der Waals surface area contributed by atoms with Gasteiger partial charge in [-0.2, -0.15) is 0 Å². The maximum Gasteiger partial charge on any atom is 0.0684 e. The van der Waals surface area contributed by atoms with Gasteiger partial charge in [-0.1, -0.05) is 176 Å². The summed E-state index contributed by atoms with van der Waals surface area (Å²) < 4.78 is 0. The number of hydrogen-bond donors (Lipinski definition) is 2. The van der Waals surface area contributed by atoms with Crippen LogP contribution in [-0.4, -0.2) is 5.71 Å². The van der Waals surface area contributed by atoms with E-state index in [9.17, 15) is 0 Å². The SMILES string of the molecule is Cc1ccccc1-c1ccc(C(=N)c2cccc(-c3ccccc3)c2)cc1.N/C1=C/Cc2ccccc2-c2ccccc2Cc2ccccc21. The molecule has 1 aliphatic carbocycles. The first kappa shape index (κ1) is 32.3. The fourth-order valence-corrected chi connectivity index (χ4v) is 6.75. The zero-order valence-corrected chi connectivity index (χ0v) is 28.3. The van der Waals surface area contributed by atoms with Crippen molar-refractivity contribution in [2.45, 2.75) is 19.8 Å². The van der Waals surface area contributed by atoms with Crippen LogP contribution in [0.5, 0.6) is 0 Å². The van der Waals surface area contributed by atoms with Crippen LogP contribution in [0.3, 0.4) is 0 Å². The molecule has 0 fully saturated rings. The molecule has 0 atom stereocenters. The molecular formula is C48H40N2. The summed E-state index contributed by atoms with van der Waals surface area (Å²) in [5.74, 6) is 0. The number of nitrogens with one attached hydrogen (secondary N) is 1. The molecule has 50 heavy (non-hydrogen) atoms. The summed E-state index contributed by atoms with van der Waals surface area (Å²) in [5, 5.41) is 8.65. The van der Waals surface area contributed by atoms with Crippen LogP contribution in [-0.2, 0) is 12.8 Å². The number of benzene rings is 7. The molecule has 8 rings (SSSR count). The first-order valence-electron chi connectivity index (χ1n) is 17.2. The molecule has 0 bridgehead atoms. The van der Waals surface area contributed by atoms with Crippen LogP contribution in [0.15, 0.2) is 182 Å². The quantitative estimate of drug-likeness (QED) is 0.184. The highest BCUT2D eigenvalue weighted by Crippen LogP contribution is 2.32. The lowest BCUT2D eigenvalue weighted by Crippen LogP contribution is -2.05. The number of nitrogens with two attached hydrogens (primary N) is 1. The molecule has 0 spiro atoms. The summed E-state index contributed by atoms with van der Waals surface area (Å²) >= 11 is 0. The van der Waals surface area contributed by atoms with Crippen molar-refractivity contribution < 1.29 is 0 Å². The molecule has 0 heterocycles. The van der Waals surface area contributed by atoms with E-state index in [2.05, 4.69) is 146 Å². The van der Waals surface area contributed by atoms with Gasteiger partial charge in [0.1, 0.15) is 0 Å². The van der Waals surface area contributed by atoms with Gasteiger partial charge >= 0.3 is 0 Å². The molecule has 0 aromatic heterocycles. The maximum absolute atomic E-state index is 8.65. The predicted octanol–water partition coefficient (Wildman–Crippen LogP) is 11.5. The Labute approximate surface area is 295 Å². The molecule has 0 saturated heterocycles. The fraction of sp³-hybridized carbons (Fsp3) is 0.0625. The highest BCUT2D eigenvalue weighted by molar-refractivity contribution is 6.11. The van der Waals surface area contributed by atoms with E-state index in [-0.39, 0.29) is 0 Å². The van der Waals surface area contributed by atoms with Crippen molar-refractivity contribution in [3.63, 3.8) is 0 Å². The molecular weight excluding hydrogens is 605 g/mol. The smallest absolute Gasteiger partial charge is 0.0684 e. The van der Waals surface area contributed by atoms with E-state index in [0.29, 0.717) is 5.71 Å². The highest BCUT2D eigenvalue weighted by atomic mass is 14.6. The zero-order valence-electron chi connectivity index (χ0n) is 28.3. The van der Waals surface area contributed by atoms with Gasteiger partial charge in [-0.15, -0.1) is 0 Å². The minimum atomic E-state index is 0.545. The summed E-state index contributed by atoms with van der Waals surface area (Å²) in [6.07, 6.45) is 3.89. The fourth-order valence-electron chi connectivity index (χ4n) is 6.75. The molecule has 7 aromatic carbocycles. The van der Waals surface area contributed by atoms with Gasteiger partial charge in [-0.3, -0.25) is 5.41 Å². The number of rotatable bonds is 4. The Morgan fingerprint density at radius 1 is 0.460 bits per heavy atom. The topological polar surface area (TPSA) is 49.9 Å². The van der Waals surface area contributed by atoms with E-state index >= 15 is 0 Å². The Balaban J connectivity index is 0.000000159. The third kappa shape index (κ3) is 7.11. The van der Waals surface area contributed by atoms with Crippen molar-refractivity contribution in [2.75, 3.05) is 0 Å². The zero-order chi connectivity index (χ0) is 34.3. The van der Waals surface area contributed by atoms with E-state index in [1.807, 2.05) is 42.5 Å². The van der Waals surface area contributed by atoms with Gasteiger partial charge in [0.2, 0.25) is 0 Å². The molecule has 242 valence electrons. The van der Waals surface area contributed by atoms with Gasteiger partial charge in [-0.05, 0) is 81.5 Å². The first-order valence-corrected chi connectivity index (χ1v) is 17.2. The molecule has 2 nitrogen and oxygen atoms in total. The van der Waals surface area contributed by atoms with Crippen LogP contribution >= 0.6 is 0 Å². The minimum absolute atomic E-state index is 0.545. The molecule has 2 heteroatoms. The van der Waals surface area contributed by atoms with E-state index in [1.54, 1.807) is 0 Å². The number of allylic oxidation sites excluding steroid dienone is 1. The van der Waals surface area contributed by atoms with Crippen molar-refractivity contribution in [2.24, 2.45) is 5.73 Å². The van der Waals surface area contributed by atoms with Crippen LogP contribution < -0.4 is 5.73 Å². The number of aryl methyl sites for hydroxylation is 1. The average Bonchev–Trinajstić information content (AvgIpc) is 3.18. The molecule has 7 aromatic rings. The van der Waals surface area contributed by atoms with Crippen molar-refractivity contribution in [3.05, 3.63) is 221 Å². The number of hydrogen-bond acceptors (Lipinski definition) is 2. The van der Waals surface area contributed by atoms with Gasteiger partial charge < -0.3 is 5.73 Å². The van der Waals surface area contributed by atoms with Crippen molar-refractivity contribution in [1.82, 2.24) is 0 Å². The summed E-state index contributed by atoms with van der Waals surface area (Å²) in [6.45, 7) is 2.13. The van der Waals surface area contributed by atoms with Gasteiger partial charge in [0.25, 0.3) is 0 Å². The van der Waals surface area contributed by atoms with Crippen LogP contribution in [0.25, 0.3) is 39.1 Å². The van der Waals surface area contributed by atoms with Gasteiger partial charge in [-0.25, -0.2) is 0 Å². The Hall–Kier alpha value is -6.25. The molecule has 0 saturated carbocycles. The van der Waals surface area contributed by atoms with Crippen molar-refractivity contribution in [1.29, 1.82) is 5.41 Å². The normalized spacial score (nSPS) is 12.9. The maximum atomic E-state index is 8.65. The molecule has 1 aliphatic rings. The highest BCUT2D eigenvalue weighted by Gasteiger charge is 2.14. The standard InChI is InChI=1S/C26H21N.C22H19N/c1-19-8-5-6-13-25(19)21-14-16-22(17-15-21)26(27)24-12-7-11-23(18-24)20-9-3-2-4-10-20;23-22-14-13-16-7-1-4-10-19(16)20-11-5-2-8-17(20)15-18-9-3-6-12-21(18)22/h2-18,27H,1H3;1-12,14H,13,15,23H2/b;22-14+. The Morgan fingerprint density at radius 3 is 1.70 bits per heavy atom. The lowest BCUT2D eigenvalue weighted by Gasteiger charge is -2.17. The van der Waals surface area contributed by atoms with Crippen LogP contribution in [0, 0.1) is 12.3 Å². The Morgan fingerprint density at radius 2 is 1.00 bits per heavy atom. The van der Waals surface area contributed by atoms with Crippen molar-refractivity contribution in [3.8, 4) is 33.4 Å². The second kappa shape index (κ2) is 14.9.